The first-order valence-corrected chi connectivity index (χ1v) is 9.76. The second kappa shape index (κ2) is 7.47. The van der Waals surface area contributed by atoms with Crippen LogP contribution < -0.4 is 16.0 Å². The number of benzene rings is 1. The van der Waals surface area contributed by atoms with Crippen LogP contribution in [0.15, 0.2) is 33.1 Å². The van der Waals surface area contributed by atoms with Crippen LogP contribution in [0, 0.1) is 4.91 Å². The Bertz CT molecular complexity index is 1020. The van der Waals surface area contributed by atoms with Crippen LogP contribution in [0.1, 0.15) is 34.1 Å². The highest BCUT2D eigenvalue weighted by Crippen LogP contribution is 2.34. The second-order valence-electron chi connectivity index (χ2n) is 6.86. The van der Waals surface area contributed by atoms with Gasteiger partial charge in [0.2, 0.25) is 5.69 Å². The quantitative estimate of drug-likeness (QED) is 0.716. The maximum atomic E-state index is 12.8. The number of nitrogens with one attached hydrogen (secondary N) is 1. The molecule has 0 spiro atoms. The number of hydrogen-bond acceptors (Lipinski definition) is 8. The number of nitroso groups, excluding NO2 is 1. The summed E-state index contributed by atoms with van der Waals surface area (Å²) in [5.74, 6) is -0.0321. The lowest BCUT2D eigenvalue weighted by atomic mass is 10.2. The van der Waals surface area contributed by atoms with Crippen LogP contribution in [0.3, 0.4) is 0 Å². The zero-order valence-electron chi connectivity index (χ0n) is 15.6. The molecule has 1 aromatic heterocycles. The van der Waals surface area contributed by atoms with E-state index in [1.54, 1.807) is 20.8 Å². The lowest BCUT2D eigenvalue weighted by Gasteiger charge is -2.20. The third-order valence-corrected chi connectivity index (χ3v) is 6.28. The normalized spacial score (nSPS) is 12.0. The standard InChI is InChI=1S/C17H22N4O5S/c1-5-8-26-12-7-6-10(27(24,25)17(2,3)4)9-11(12)15-19-14(18)13(21-23)16(22)20-15/h6-7,9H,5,8H2,1-4H3,(H3,18,19,20,22). The van der Waals surface area contributed by atoms with Gasteiger partial charge in [-0.05, 0) is 50.6 Å². The highest BCUT2D eigenvalue weighted by molar-refractivity contribution is 7.92. The van der Waals surface area contributed by atoms with Gasteiger partial charge in [-0.15, -0.1) is 4.91 Å². The van der Waals surface area contributed by atoms with E-state index in [1.807, 2.05) is 6.92 Å². The van der Waals surface area contributed by atoms with E-state index >= 15 is 0 Å². The summed E-state index contributed by atoms with van der Waals surface area (Å²) in [5.41, 5.74) is 4.52. The minimum atomic E-state index is -3.65. The molecule has 9 nitrogen and oxygen atoms in total. The zero-order valence-corrected chi connectivity index (χ0v) is 16.4. The van der Waals surface area contributed by atoms with E-state index in [0.717, 1.165) is 6.42 Å². The van der Waals surface area contributed by atoms with Gasteiger partial charge in [0, 0.05) is 0 Å². The Hall–Kier alpha value is -2.75. The van der Waals surface area contributed by atoms with Crippen molar-refractivity contribution < 1.29 is 13.2 Å². The third-order valence-electron chi connectivity index (χ3n) is 3.80. The molecule has 0 aliphatic heterocycles. The first-order chi connectivity index (χ1) is 12.5. The molecule has 27 heavy (non-hydrogen) atoms. The number of aromatic nitrogens is 2. The van der Waals surface area contributed by atoms with Crippen LogP contribution in [0.25, 0.3) is 11.4 Å². The lowest BCUT2D eigenvalue weighted by molar-refractivity contribution is 0.318. The molecule has 3 N–H and O–H groups in total. The molecule has 1 aromatic carbocycles. The highest BCUT2D eigenvalue weighted by atomic mass is 32.2. The van der Waals surface area contributed by atoms with Crippen LogP contribution >= 0.6 is 0 Å². The molecule has 0 atom stereocenters. The van der Waals surface area contributed by atoms with Crippen molar-refractivity contribution in [1.82, 2.24) is 9.97 Å². The molecular formula is C17H22N4O5S. The Labute approximate surface area is 156 Å². The van der Waals surface area contributed by atoms with Crippen molar-refractivity contribution in [2.24, 2.45) is 5.18 Å². The van der Waals surface area contributed by atoms with Crippen LogP contribution in [0.2, 0.25) is 0 Å². The number of sulfone groups is 1. The summed E-state index contributed by atoms with van der Waals surface area (Å²) >= 11 is 0. The highest BCUT2D eigenvalue weighted by Gasteiger charge is 2.31. The predicted octanol–water partition coefficient (Wildman–Crippen LogP) is 2.78. The maximum Gasteiger partial charge on any atom is 0.282 e. The number of anilines is 1. The fraction of sp³-hybridized carbons (Fsp3) is 0.412. The van der Waals surface area contributed by atoms with Gasteiger partial charge in [-0.2, -0.15) is 0 Å². The van der Waals surface area contributed by atoms with E-state index in [1.165, 1.54) is 18.2 Å². The number of nitrogens with two attached hydrogens (primary N) is 1. The fourth-order valence-electron chi connectivity index (χ4n) is 2.25. The minimum absolute atomic E-state index is 0.0121. The Kier molecular flexibility index (Phi) is 5.69. The Morgan fingerprint density at radius 1 is 1.30 bits per heavy atom. The average molecular weight is 394 g/mol. The largest absolute Gasteiger partial charge is 0.493 e. The monoisotopic (exact) mass is 394 g/mol. The van der Waals surface area contributed by atoms with Crippen molar-refractivity contribution in [3.05, 3.63) is 33.5 Å². The fourth-order valence-corrected chi connectivity index (χ4v) is 3.48. The van der Waals surface area contributed by atoms with E-state index in [-0.39, 0.29) is 22.1 Å². The number of aromatic amines is 1. The van der Waals surface area contributed by atoms with Gasteiger partial charge in [0.25, 0.3) is 5.56 Å². The molecule has 0 aliphatic carbocycles. The number of H-pyrrole nitrogens is 1. The maximum absolute atomic E-state index is 12.8. The molecule has 146 valence electrons. The minimum Gasteiger partial charge on any atom is -0.493 e. The average Bonchev–Trinajstić information content (AvgIpc) is 2.58. The predicted molar refractivity (Wildman–Crippen MR) is 103 cm³/mol. The molecular weight excluding hydrogens is 372 g/mol. The van der Waals surface area contributed by atoms with Gasteiger partial charge in [-0.1, -0.05) is 6.92 Å². The SMILES string of the molecule is CCCOc1ccc(S(=O)(=O)C(C)(C)C)cc1-c1nc(N)c(N=O)c(=O)[nH]1. The van der Waals surface area contributed by atoms with Crippen molar-refractivity contribution in [2.45, 2.75) is 43.8 Å². The molecule has 2 rings (SSSR count). The van der Waals surface area contributed by atoms with E-state index < -0.39 is 25.8 Å². The van der Waals surface area contributed by atoms with Crippen LogP contribution in [-0.4, -0.2) is 29.7 Å². The van der Waals surface area contributed by atoms with Gasteiger partial charge in [0.15, 0.2) is 15.7 Å². The molecule has 2 aromatic rings. The molecule has 0 bridgehead atoms. The summed E-state index contributed by atoms with van der Waals surface area (Å²) in [6.07, 6.45) is 0.724. The van der Waals surface area contributed by atoms with Crippen LogP contribution in [0.4, 0.5) is 11.5 Å². The van der Waals surface area contributed by atoms with Gasteiger partial charge in [-0.3, -0.25) is 4.79 Å². The first-order valence-electron chi connectivity index (χ1n) is 8.28. The smallest absolute Gasteiger partial charge is 0.282 e. The van der Waals surface area contributed by atoms with Crippen LogP contribution in [-0.2, 0) is 9.84 Å². The first kappa shape index (κ1) is 20.6. The number of nitrogen functional groups attached to an aromatic ring is 1. The van der Waals surface area contributed by atoms with Gasteiger partial charge in [-0.25, -0.2) is 13.4 Å². The van der Waals surface area contributed by atoms with Crippen molar-refractivity contribution >= 4 is 21.3 Å². The van der Waals surface area contributed by atoms with Gasteiger partial charge in [0.05, 0.1) is 21.8 Å². The number of hydrogen-bond donors (Lipinski definition) is 2. The second-order valence-corrected chi connectivity index (χ2v) is 9.56. The van der Waals surface area contributed by atoms with E-state index in [9.17, 15) is 18.1 Å². The summed E-state index contributed by atoms with van der Waals surface area (Å²) in [5, 5.41) is 2.56. The molecule has 0 radical (unpaired) electrons. The topological polar surface area (TPSA) is 145 Å². The summed E-state index contributed by atoms with van der Waals surface area (Å²) in [6.45, 7) is 7.07. The van der Waals surface area contributed by atoms with Crippen molar-refractivity contribution in [2.75, 3.05) is 12.3 Å². The molecule has 0 unspecified atom stereocenters. The van der Waals surface area contributed by atoms with Crippen molar-refractivity contribution in [1.29, 1.82) is 0 Å². The van der Waals surface area contributed by atoms with Crippen LogP contribution in [0.5, 0.6) is 5.75 Å². The summed E-state index contributed by atoms with van der Waals surface area (Å²) in [7, 11) is -3.65. The molecule has 0 aliphatic rings. The van der Waals surface area contributed by atoms with E-state index in [0.29, 0.717) is 12.4 Å². The van der Waals surface area contributed by atoms with Crippen molar-refractivity contribution in [3.63, 3.8) is 0 Å². The van der Waals surface area contributed by atoms with Crippen molar-refractivity contribution in [3.8, 4) is 17.1 Å². The van der Waals surface area contributed by atoms with Gasteiger partial charge < -0.3 is 15.5 Å². The third kappa shape index (κ3) is 4.00. The van der Waals surface area contributed by atoms with E-state index in [2.05, 4.69) is 15.1 Å². The lowest BCUT2D eigenvalue weighted by Crippen LogP contribution is -2.28. The summed E-state index contributed by atoms with van der Waals surface area (Å²) in [4.78, 5) is 29.1. The number of nitrogens with zero attached hydrogens (tertiary/aromatic N) is 2. The molecule has 0 saturated heterocycles. The zero-order chi connectivity index (χ0) is 20.4. The molecule has 0 fully saturated rings. The number of ether oxygens (including phenoxy) is 1. The molecule has 10 heteroatoms. The molecule has 0 saturated carbocycles. The Balaban J connectivity index is 2.74. The molecule has 0 amide bonds. The van der Waals surface area contributed by atoms with E-state index in [4.69, 9.17) is 10.5 Å². The van der Waals surface area contributed by atoms with Gasteiger partial charge >= 0.3 is 0 Å². The number of rotatable bonds is 6. The molecule has 1 heterocycles. The Morgan fingerprint density at radius 2 is 1.96 bits per heavy atom. The Morgan fingerprint density at radius 3 is 2.48 bits per heavy atom. The van der Waals surface area contributed by atoms with Gasteiger partial charge in [0.1, 0.15) is 11.6 Å². The summed E-state index contributed by atoms with van der Waals surface area (Å²) in [6, 6.07) is 4.32. The summed E-state index contributed by atoms with van der Waals surface area (Å²) < 4.78 is 30.2.